The zero-order chi connectivity index (χ0) is 20.1. The zero-order valence-electron chi connectivity index (χ0n) is 17.4. The van der Waals surface area contributed by atoms with Gasteiger partial charge < -0.3 is 19.7 Å². The molecule has 152 valence electrons. The first kappa shape index (κ1) is 20.3. The number of hydrogen-bond donors (Lipinski definition) is 1. The summed E-state index contributed by atoms with van der Waals surface area (Å²) >= 11 is 0. The fraction of sp³-hybridized carbons (Fsp3) is 0.571. The number of aryl methyl sites for hydroxylation is 1. The van der Waals surface area contributed by atoms with Crippen LogP contribution in [0.15, 0.2) is 30.7 Å². The molecule has 1 unspecified atom stereocenters. The summed E-state index contributed by atoms with van der Waals surface area (Å²) < 4.78 is 2.16. The van der Waals surface area contributed by atoms with Gasteiger partial charge in [0.1, 0.15) is 11.6 Å². The van der Waals surface area contributed by atoms with E-state index in [4.69, 9.17) is 0 Å². The summed E-state index contributed by atoms with van der Waals surface area (Å²) in [5.41, 5.74) is 0.609. The molecule has 2 aromatic rings. The summed E-state index contributed by atoms with van der Waals surface area (Å²) in [6.07, 6.45) is 7.53. The van der Waals surface area contributed by atoms with E-state index < -0.39 is 0 Å². The molecule has 7 nitrogen and oxygen atoms in total. The fourth-order valence-corrected chi connectivity index (χ4v) is 3.64. The van der Waals surface area contributed by atoms with E-state index >= 15 is 0 Å². The van der Waals surface area contributed by atoms with Crippen molar-refractivity contribution in [3.05, 3.63) is 42.1 Å². The van der Waals surface area contributed by atoms with Crippen molar-refractivity contribution >= 4 is 11.7 Å². The van der Waals surface area contributed by atoms with Crippen LogP contribution in [0.4, 0.5) is 5.82 Å². The van der Waals surface area contributed by atoms with Crippen LogP contribution in [0, 0.1) is 0 Å². The maximum atomic E-state index is 12.4. The zero-order valence-corrected chi connectivity index (χ0v) is 17.4. The second kappa shape index (κ2) is 9.19. The molecule has 3 rings (SSSR count). The minimum Gasteiger partial charge on any atom is -0.355 e. The average Bonchev–Trinajstić information content (AvgIpc) is 3.35. The van der Waals surface area contributed by atoms with Crippen LogP contribution < -0.4 is 10.2 Å². The third-order valence-electron chi connectivity index (χ3n) is 5.35. The number of pyridine rings is 1. The minimum atomic E-state index is -0.0682. The Morgan fingerprint density at radius 3 is 2.79 bits per heavy atom. The Morgan fingerprint density at radius 1 is 1.32 bits per heavy atom. The summed E-state index contributed by atoms with van der Waals surface area (Å²) in [6.45, 7) is 7.76. The standard InChI is InChI=1S/C21H32N6O/c1-16(2)20-22-10-13-26(20)11-5-9-23-21(28)17-6-7-19(24-14-17)27-12-8-18(15-27)25(3)4/h6-7,10,13-14,16,18H,5,8-9,11-12,15H2,1-4H3,(H,23,28). The monoisotopic (exact) mass is 384 g/mol. The van der Waals surface area contributed by atoms with Crippen molar-refractivity contribution in [2.75, 3.05) is 38.6 Å². The van der Waals surface area contributed by atoms with Crippen molar-refractivity contribution in [3.63, 3.8) is 0 Å². The van der Waals surface area contributed by atoms with E-state index in [0.717, 1.165) is 44.1 Å². The van der Waals surface area contributed by atoms with Crippen LogP contribution >= 0.6 is 0 Å². The van der Waals surface area contributed by atoms with Crippen molar-refractivity contribution in [2.45, 2.75) is 45.2 Å². The second-order valence-corrected chi connectivity index (χ2v) is 8.00. The molecule has 1 aliphatic rings. The molecule has 0 saturated carbocycles. The number of likely N-dealkylation sites (N-methyl/N-ethyl adjacent to an activating group) is 1. The van der Waals surface area contributed by atoms with E-state index in [0.29, 0.717) is 24.1 Å². The predicted molar refractivity (Wildman–Crippen MR) is 112 cm³/mol. The van der Waals surface area contributed by atoms with Gasteiger partial charge in [0.2, 0.25) is 0 Å². The lowest BCUT2D eigenvalue weighted by atomic mass is 10.2. The third-order valence-corrected chi connectivity index (χ3v) is 5.35. The molecule has 28 heavy (non-hydrogen) atoms. The first-order chi connectivity index (χ1) is 13.5. The van der Waals surface area contributed by atoms with Crippen molar-refractivity contribution in [1.29, 1.82) is 0 Å². The molecule has 7 heteroatoms. The number of amides is 1. The van der Waals surface area contributed by atoms with Gasteiger partial charge in [-0.2, -0.15) is 0 Å². The van der Waals surface area contributed by atoms with E-state index in [9.17, 15) is 4.79 Å². The lowest BCUT2D eigenvalue weighted by molar-refractivity contribution is 0.0952. The SMILES string of the molecule is CC(C)c1nccn1CCCNC(=O)c1ccc(N2CCC(N(C)C)C2)nc1. The molecule has 1 saturated heterocycles. The number of carbonyl (C=O) groups excluding carboxylic acids is 1. The topological polar surface area (TPSA) is 66.3 Å². The van der Waals surface area contributed by atoms with Gasteiger partial charge in [0.05, 0.1) is 5.56 Å². The van der Waals surface area contributed by atoms with E-state index in [-0.39, 0.29) is 5.91 Å². The summed E-state index contributed by atoms with van der Waals surface area (Å²) in [6, 6.07) is 4.39. The molecule has 1 atom stereocenters. The van der Waals surface area contributed by atoms with Crippen molar-refractivity contribution in [1.82, 2.24) is 24.8 Å². The van der Waals surface area contributed by atoms with Crippen LogP contribution in [0.5, 0.6) is 0 Å². The third kappa shape index (κ3) is 4.90. The number of hydrogen-bond acceptors (Lipinski definition) is 5. The van der Waals surface area contributed by atoms with Crippen LogP contribution in [-0.2, 0) is 6.54 Å². The Kier molecular flexibility index (Phi) is 6.67. The highest BCUT2D eigenvalue weighted by Gasteiger charge is 2.24. The number of imidazole rings is 1. The van der Waals surface area contributed by atoms with Gasteiger partial charge in [-0.3, -0.25) is 4.79 Å². The lowest BCUT2D eigenvalue weighted by Crippen LogP contribution is -2.31. The summed E-state index contributed by atoms with van der Waals surface area (Å²) in [5.74, 6) is 2.37. The van der Waals surface area contributed by atoms with Crippen LogP contribution in [0.3, 0.4) is 0 Å². The summed E-state index contributed by atoms with van der Waals surface area (Å²) in [4.78, 5) is 25.8. The van der Waals surface area contributed by atoms with Crippen LogP contribution in [-0.4, -0.2) is 65.1 Å². The lowest BCUT2D eigenvalue weighted by Gasteiger charge is -2.21. The molecule has 0 radical (unpaired) electrons. The number of aromatic nitrogens is 3. The van der Waals surface area contributed by atoms with Crippen LogP contribution in [0.2, 0.25) is 0 Å². The van der Waals surface area contributed by atoms with Gasteiger partial charge in [-0.25, -0.2) is 9.97 Å². The highest BCUT2D eigenvalue weighted by atomic mass is 16.1. The molecule has 3 heterocycles. The molecule has 0 bridgehead atoms. The Labute approximate surface area is 167 Å². The normalized spacial score (nSPS) is 16.9. The number of nitrogens with zero attached hydrogens (tertiary/aromatic N) is 5. The predicted octanol–water partition coefficient (Wildman–Crippen LogP) is 2.36. The Hall–Kier alpha value is -2.41. The first-order valence-electron chi connectivity index (χ1n) is 10.1. The maximum absolute atomic E-state index is 12.4. The summed E-state index contributed by atoms with van der Waals surface area (Å²) in [7, 11) is 4.23. The molecule has 0 spiro atoms. The molecule has 0 aromatic carbocycles. The Balaban J connectivity index is 1.45. The Morgan fingerprint density at radius 2 is 2.14 bits per heavy atom. The van der Waals surface area contributed by atoms with Crippen LogP contribution in [0.1, 0.15) is 48.8 Å². The largest absolute Gasteiger partial charge is 0.355 e. The van der Waals surface area contributed by atoms with E-state index in [1.165, 1.54) is 0 Å². The van der Waals surface area contributed by atoms with E-state index in [1.807, 2.05) is 24.5 Å². The molecule has 1 aliphatic heterocycles. The number of carbonyl (C=O) groups is 1. The molecule has 0 aliphatic carbocycles. The van der Waals surface area contributed by atoms with Gasteiger partial charge >= 0.3 is 0 Å². The number of rotatable bonds is 8. The molecular formula is C21H32N6O. The van der Waals surface area contributed by atoms with Gasteiger partial charge in [0, 0.05) is 56.7 Å². The van der Waals surface area contributed by atoms with Crippen molar-refractivity contribution < 1.29 is 4.79 Å². The smallest absolute Gasteiger partial charge is 0.252 e. The van der Waals surface area contributed by atoms with Gasteiger partial charge in [-0.05, 0) is 39.1 Å². The van der Waals surface area contributed by atoms with Gasteiger partial charge in [0.25, 0.3) is 5.91 Å². The number of anilines is 1. The van der Waals surface area contributed by atoms with Crippen molar-refractivity contribution in [3.8, 4) is 0 Å². The van der Waals surface area contributed by atoms with E-state index in [1.54, 1.807) is 6.20 Å². The van der Waals surface area contributed by atoms with Crippen molar-refractivity contribution in [2.24, 2.45) is 0 Å². The van der Waals surface area contributed by atoms with Gasteiger partial charge in [-0.1, -0.05) is 13.8 Å². The quantitative estimate of drug-likeness (QED) is 0.708. The van der Waals surface area contributed by atoms with Gasteiger partial charge in [-0.15, -0.1) is 0 Å². The first-order valence-corrected chi connectivity index (χ1v) is 10.1. The molecule has 1 N–H and O–H groups in total. The Bertz CT molecular complexity index is 767. The fourth-order valence-electron chi connectivity index (χ4n) is 3.64. The highest BCUT2D eigenvalue weighted by Crippen LogP contribution is 2.20. The summed E-state index contributed by atoms with van der Waals surface area (Å²) in [5, 5.41) is 2.99. The van der Waals surface area contributed by atoms with Gasteiger partial charge in [0.15, 0.2) is 0 Å². The molecule has 2 aromatic heterocycles. The minimum absolute atomic E-state index is 0.0682. The maximum Gasteiger partial charge on any atom is 0.252 e. The molecule has 1 amide bonds. The van der Waals surface area contributed by atoms with E-state index in [2.05, 4.69) is 57.6 Å². The highest BCUT2D eigenvalue weighted by molar-refractivity contribution is 5.94. The molecule has 1 fully saturated rings. The average molecular weight is 385 g/mol. The van der Waals surface area contributed by atoms with Crippen LogP contribution in [0.25, 0.3) is 0 Å². The molecular weight excluding hydrogens is 352 g/mol. The second-order valence-electron chi connectivity index (χ2n) is 8.00. The number of nitrogens with one attached hydrogen (secondary N) is 1.